The van der Waals surface area contributed by atoms with Crippen LogP contribution in [0.2, 0.25) is 10.0 Å². The lowest BCUT2D eigenvalue weighted by atomic mass is 9.85. The molecule has 2 amide bonds. The van der Waals surface area contributed by atoms with Crippen molar-refractivity contribution in [2.24, 2.45) is 28.8 Å². The smallest absolute Gasteiger partial charge is 0.254 e. The zero-order chi connectivity index (χ0) is 18.7. The van der Waals surface area contributed by atoms with Crippen molar-refractivity contribution in [3.05, 3.63) is 58.3 Å². The van der Waals surface area contributed by atoms with Gasteiger partial charge in [-0.1, -0.05) is 35.4 Å². The molecule has 1 aromatic carbocycles. The minimum atomic E-state index is -0.262. The average Bonchev–Trinajstić information content (AvgIpc) is 3.41. The molecule has 2 aromatic rings. The van der Waals surface area contributed by atoms with E-state index in [1.54, 1.807) is 30.3 Å². The highest BCUT2D eigenvalue weighted by atomic mass is 35.5. The van der Waals surface area contributed by atoms with Gasteiger partial charge in [-0.05, 0) is 48.6 Å². The number of hydrogen-bond donors (Lipinski definition) is 0. The molecule has 0 unspecified atom stereocenters. The van der Waals surface area contributed by atoms with Gasteiger partial charge < -0.3 is 4.42 Å². The number of rotatable bonds is 3. The first-order chi connectivity index (χ1) is 13.0. The number of carbonyl (C=O) groups is 2. The van der Waals surface area contributed by atoms with E-state index in [1.807, 2.05) is 0 Å². The van der Waals surface area contributed by atoms with Gasteiger partial charge in [0.2, 0.25) is 0 Å². The Kier molecular flexibility index (Phi) is 3.78. The fourth-order valence-electron chi connectivity index (χ4n) is 4.37. The largest absolute Gasteiger partial charge is 0.455 e. The first-order valence-electron chi connectivity index (χ1n) is 8.68. The number of amides is 2. The van der Waals surface area contributed by atoms with Crippen molar-refractivity contribution in [1.29, 1.82) is 0 Å². The first-order valence-corrected chi connectivity index (χ1v) is 9.44. The van der Waals surface area contributed by atoms with E-state index in [0.717, 1.165) is 11.4 Å². The molecule has 1 saturated carbocycles. The van der Waals surface area contributed by atoms with Crippen LogP contribution < -0.4 is 0 Å². The minimum absolute atomic E-state index is 0.164. The third-order valence-electron chi connectivity index (χ3n) is 5.57. The number of hydrogen-bond acceptors (Lipinski definition) is 4. The maximum absolute atomic E-state index is 12.6. The summed E-state index contributed by atoms with van der Waals surface area (Å²) in [5.41, 5.74) is 0.661. The number of halogens is 2. The average molecular weight is 401 g/mol. The van der Waals surface area contributed by atoms with Crippen molar-refractivity contribution < 1.29 is 14.0 Å². The number of furan rings is 1. The van der Waals surface area contributed by atoms with Crippen LogP contribution in [-0.2, 0) is 9.59 Å². The molecule has 1 saturated heterocycles. The highest BCUT2D eigenvalue weighted by molar-refractivity contribution is 6.35. The maximum Gasteiger partial charge on any atom is 0.254 e. The van der Waals surface area contributed by atoms with Gasteiger partial charge in [0.15, 0.2) is 0 Å². The minimum Gasteiger partial charge on any atom is -0.455 e. The summed E-state index contributed by atoms with van der Waals surface area (Å²) < 4.78 is 5.73. The molecule has 4 atom stereocenters. The van der Waals surface area contributed by atoms with E-state index in [2.05, 4.69) is 17.3 Å². The molecular formula is C20H14Cl2N2O3. The highest BCUT2D eigenvalue weighted by Crippen LogP contribution is 2.52. The third kappa shape index (κ3) is 2.57. The Morgan fingerprint density at radius 1 is 1.04 bits per heavy atom. The van der Waals surface area contributed by atoms with Crippen LogP contribution in [0.25, 0.3) is 11.3 Å². The quantitative estimate of drug-likeness (QED) is 0.435. The fourth-order valence-corrected chi connectivity index (χ4v) is 4.75. The van der Waals surface area contributed by atoms with Gasteiger partial charge >= 0.3 is 0 Å². The van der Waals surface area contributed by atoms with Crippen molar-refractivity contribution >= 4 is 41.2 Å². The molecule has 0 N–H and O–H groups in total. The topological polar surface area (TPSA) is 62.9 Å². The van der Waals surface area contributed by atoms with E-state index in [9.17, 15) is 9.59 Å². The molecule has 5 nitrogen and oxygen atoms in total. The van der Waals surface area contributed by atoms with Crippen LogP contribution >= 0.6 is 23.2 Å². The van der Waals surface area contributed by atoms with Gasteiger partial charge in [0.1, 0.15) is 11.5 Å². The number of carbonyl (C=O) groups excluding carboxylic acids is 2. The summed E-state index contributed by atoms with van der Waals surface area (Å²) in [5.74, 6) is 0.310. The Hall–Kier alpha value is -2.37. The van der Waals surface area contributed by atoms with Gasteiger partial charge in [-0.3, -0.25) is 9.59 Å². The van der Waals surface area contributed by atoms with E-state index >= 15 is 0 Å². The normalized spacial score (nSPS) is 28.7. The summed E-state index contributed by atoms with van der Waals surface area (Å²) >= 11 is 12.2. The van der Waals surface area contributed by atoms with Gasteiger partial charge in [-0.2, -0.15) is 10.1 Å². The van der Waals surface area contributed by atoms with Crippen molar-refractivity contribution in [3.63, 3.8) is 0 Å². The second-order valence-corrected chi connectivity index (χ2v) is 7.90. The van der Waals surface area contributed by atoms with E-state index < -0.39 is 0 Å². The molecule has 3 aliphatic rings. The van der Waals surface area contributed by atoms with Gasteiger partial charge in [-0.25, -0.2) is 0 Å². The SMILES string of the molecule is O=C1[C@@H]2[C@H](C(=O)N1/N=C\c1ccc(-c3cc(Cl)ccc3Cl)o1)[C@H]1C=C[C@H]2C1. The van der Waals surface area contributed by atoms with Gasteiger partial charge in [0, 0.05) is 10.6 Å². The second-order valence-electron chi connectivity index (χ2n) is 7.06. The molecule has 0 spiro atoms. The summed E-state index contributed by atoms with van der Waals surface area (Å²) in [6.45, 7) is 0. The highest BCUT2D eigenvalue weighted by Gasteiger charge is 2.59. The zero-order valence-corrected chi connectivity index (χ0v) is 15.5. The Labute approximate surface area is 165 Å². The van der Waals surface area contributed by atoms with E-state index in [4.69, 9.17) is 27.6 Å². The molecule has 7 heteroatoms. The summed E-state index contributed by atoms with van der Waals surface area (Å²) in [4.78, 5) is 25.2. The second kappa shape index (κ2) is 6.08. The predicted octanol–water partition coefficient (Wildman–Crippen LogP) is 4.39. The Morgan fingerprint density at radius 2 is 1.74 bits per heavy atom. The van der Waals surface area contributed by atoms with Crippen LogP contribution in [0.3, 0.4) is 0 Å². The van der Waals surface area contributed by atoms with E-state index in [0.29, 0.717) is 27.1 Å². The molecule has 2 heterocycles. The van der Waals surface area contributed by atoms with Gasteiger partial charge in [0.25, 0.3) is 11.8 Å². The lowest BCUT2D eigenvalue weighted by molar-refractivity contribution is -0.140. The fraction of sp³-hybridized carbons (Fsp3) is 0.250. The Morgan fingerprint density at radius 3 is 2.44 bits per heavy atom. The standard InChI is InChI=1S/C20H14Cl2N2O3/c21-12-3-5-15(22)14(8-12)16-6-4-13(27-16)9-23-24-19(25)17-10-1-2-11(7-10)18(17)20(24)26/h1-6,8-11,17-18H,7H2/b23-9-/t10-,11-,17-,18+/m0/s1. The number of benzene rings is 1. The molecule has 1 aliphatic heterocycles. The van der Waals surface area contributed by atoms with Crippen molar-refractivity contribution in [2.45, 2.75) is 6.42 Å². The predicted molar refractivity (Wildman–Crippen MR) is 101 cm³/mol. The van der Waals surface area contributed by atoms with Gasteiger partial charge in [-0.15, -0.1) is 0 Å². The lowest BCUT2D eigenvalue weighted by Crippen LogP contribution is -2.28. The molecule has 2 bridgehead atoms. The lowest BCUT2D eigenvalue weighted by Gasteiger charge is -2.13. The van der Waals surface area contributed by atoms with Crippen LogP contribution in [0.15, 0.2) is 52.0 Å². The van der Waals surface area contributed by atoms with Crippen LogP contribution in [0, 0.1) is 23.7 Å². The molecule has 2 fully saturated rings. The van der Waals surface area contributed by atoms with Crippen molar-refractivity contribution in [1.82, 2.24) is 5.01 Å². The summed E-state index contributed by atoms with van der Waals surface area (Å²) in [5, 5.41) is 6.16. The molecule has 2 aliphatic carbocycles. The maximum atomic E-state index is 12.6. The molecule has 136 valence electrons. The van der Waals surface area contributed by atoms with Crippen LogP contribution in [-0.4, -0.2) is 23.0 Å². The first kappa shape index (κ1) is 16.8. The van der Waals surface area contributed by atoms with Crippen LogP contribution in [0.4, 0.5) is 0 Å². The number of fused-ring (bicyclic) bond motifs is 5. The molecular weight excluding hydrogens is 387 g/mol. The van der Waals surface area contributed by atoms with E-state index in [-0.39, 0.29) is 35.5 Å². The summed E-state index contributed by atoms with van der Waals surface area (Å²) in [7, 11) is 0. The monoisotopic (exact) mass is 400 g/mol. The Bertz CT molecular complexity index is 996. The van der Waals surface area contributed by atoms with Crippen molar-refractivity contribution in [3.8, 4) is 11.3 Å². The Balaban J connectivity index is 1.38. The number of hydrazone groups is 1. The molecule has 27 heavy (non-hydrogen) atoms. The molecule has 1 aromatic heterocycles. The number of imide groups is 1. The van der Waals surface area contributed by atoms with Crippen molar-refractivity contribution in [2.75, 3.05) is 0 Å². The van der Waals surface area contributed by atoms with E-state index in [1.165, 1.54) is 6.21 Å². The molecule has 5 rings (SSSR count). The van der Waals surface area contributed by atoms with Gasteiger partial charge in [0.05, 0.1) is 23.1 Å². The number of allylic oxidation sites excluding steroid dienone is 2. The number of nitrogens with zero attached hydrogens (tertiary/aromatic N) is 2. The van der Waals surface area contributed by atoms with Crippen LogP contribution in [0.1, 0.15) is 12.2 Å². The summed E-state index contributed by atoms with van der Waals surface area (Å²) in [6, 6.07) is 8.54. The molecule has 0 radical (unpaired) electrons. The third-order valence-corrected chi connectivity index (χ3v) is 6.13. The summed E-state index contributed by atoms with van der Waals surface area (Å²) in [6.07, 6.45) is 6.38. The zero-order valence-electron chi connectivity index (χ0n) is 14.0. The van der Waals surface area contributed by atoms with Crippen LogP contribution in [0.5, 0.6) is 0 Å².